The van der Waals surface area contributed by atoms with Crippen LogP contribution < -0.4 is 15.0 Å². The van der Waals surface area contributed by atoms with Gasteiger partial charge in [0.25, 0.3) is 11.7 Å². The van der Waals surface area contributed by atoms with Crippen LogP contribution in [-0.4, -0.2) is 48.1 Å². The summed E-state index contributed by atoms with van der Waals surface area (Å²) in [7, 11) is 1.54. The average Bonchev–Trinajstić information content (AvgIpc) is 3.14. The Morgan fingerprint density at radius 2 is 1.63 bits per heavy atom. The molecule has 1 N–H and O–H groups in total. The number of fused-ring (bicyclic) bond motifs is 1. The first-order chi connectivity index (χ1) is 18.2. The minimum absolute atomic E-state index is 0.00435. The van der Waals surface area contributed by atoms with Crippen LogP contribution in [0.15, 0.2) is 72.8 Å². The fourth-order valence-corrected chi connectivity index (χ4v) is 4.45. The maximum Gasteiger partial charge on any atom is 0.299 e. The maximum atomic E-state index is 13.8. The van der Waals surface area contributed by atoms with Crippen LogP contribution in [0.4, 0.5) is 15.8 Å². The van der Waals surface area contributed by atoms with Crippen LogP contribution in [0.25, 0.3) is 0 Å². The quantitative estimate of drug-likeness (QED) is 0.432. The third-order valence-electron chi connectivity index (χ3n) is 6.35. The number of carbonyl (C=O) groups is 4. The number of rotatable bonds is 9. The number of carbonyl (C=O) groups excluding carboxylic acids is 4. The van der Waals surface area contributed by atoms with Gasteiger partial charge in [-0.2, -0.15) is 0 Å². The molecule has 0 saturated heterocycles. The number of amides is 3. The number of hydrogen-bond donors (Lipinski definition) is 1. The molecule has 0 bridgehead atoms. The lowest BCUT2D eigenvalue weighted by atomic mass is 10.00. The van der Waals surface area contributed by atoms with Gasteiger partial charge in [-0.05, 0) is 60.0 Å². The Balaban J connectivity index is 1.64. The van der Waals surface area contributed by atoms with Gasteiger partial charge in [-0.3, -0.25) is 24.1 Å². The number of ketones is 1. The molecule has 38 heavy (non-hydrogen) atoms. The van der Waals surface area contributed by atoms with Gasteiger partial charge in [0, 0.05) is 12.2 Å². The molecular formula is C29H28FN3O5. The van der Waals surface area contributed by atoms with Crippen LogP contribution in [0.5, 0.6) is 5.75 Å². The molecule has 1 aliphatic heterocycles. The highest BCUT2D eigenvalue weighted by Crippen LogP contribution is 2.29. The first-order valence-electron chi connectivity index (χ1n) is 12.1. The van der Waals surface area contributed by atoms with E-state index in [1.807, 2.05) is 13.8 Å². The zero-order valence-corrected chi connectivity index (χ0v) is 21.3. The first-order valence-corrected chi connectivity index (χ1v) is 12.1. The Kier molecular flexibility index (Phi) is 7.85. The molecule has 8 nitrogen and oxygen atoms in total. The van der Waals surface area contributed by atoms with E-state index in [0.717, 1.165) is 4.90 Å². The number of ether oxygens (including phenoxy) is 1. The number of para-hydroxylation sites is 1. The summed E-state index contributed by atoms with van der Waals surface area (Å²) in [6.07, 6.45) is 0. The summed E-state index contributed by atoms with van der Waals surface area (Å²) in [4.78, 5) is 55.0. The average molecular weight is 518 g/mol. The number of nitrogens with one attached hydrogen (secondary N) is 1. The summed E-state index contributed by atoms with van der Waals surface area (Å²) in [6, 6.07) is 17.9. The molecule has 3 aromatic carbocycles. The minimum Gasteiger partial charge on any atom is -0.497 e. The van der Waals surface area contributed by atoms with E-state index in [0.29, 0.717) is 22.7 Å². The van der Waals surface area contributed by atoms with Crippen LogP contribution in [-0.2, 0) is 20.9 Å². The van der Waals surface area contributed by atoms with Crippen LogP contribution in [0.2, 0.25) is 0 Å². The molecule has 0 radical (unpaired) electrons. The second-order valence-electron chi connectivity index (χ2n) is 9.29. The number of halogens is 1. The predicted molar refractivity (Wildman–Crippen MR) is 140 cm³/mol. The highest BCUT2D eigenvalue weighted by atomic mass is 19.1. The van der Waals surface area contributed by atoms with Crippen LogP contribution in [0, 0.1) is 11.7 Å². The Labute approximate surface area is 220 Å². The summed E-state index contributed by atoms with van der Waals surface area (Å²) in [5, 5.41) is 2.85. The smallest absolute Gasteiger partial charge is 0.299 e. The highest BCUT2D eigenvalue weighted by Gasteiger charge is 2.39. The van der Waals surface area contributed by atoms with Gasteiger partial charge < -0.3 is 15.0 Å². The molecular weight excluding hydrogens is 489 g/mol. The normalized spacial score (nSPS) is 13.3. The molecule has 0 saturated carbocycles. The van der Waals surface area contributed by atoms with Crippen LogP contribution in [0.3, 0.4) is 0 Å². The van der Waals surface area contributed by atoms with Crippen molar-refractivity contribution in [1.82, 2.24) is 4.90 Å². The van der Waals surface area contributed by atoms with E-state index in [2.05, 4.69) is 5.32 Å². The molecule has 0 spiro atoms. The molecule has 9 heteroatoms. The van der Waals surface area contributed by atoms with Gasteiger partial charge in [0.05, 0.1) is 18.4 Å². The lowest BCUT2D eigenvalue weighted by molar-refractivity contribution is -0.140. The number of hydrogen-bond acceptors (Lipinski definition) is 5. The number of anilines is 2. The molecule has 0 unspecified atom stereocenters. The van der Waals surface area contributed by atoms with Crippen molar-refractivity contribution in [1.29, 1.82) is 0 Å². The van der Waals surface area contributed by atoms with E-state index in [9.17, 15) is 23.6 Å². The molecule has 4 rings (SSSR count). The van der Waals surface area contributed by atoms with Crippen molar-refractivity contribution in [2.75, 3.05) is 23.9 Å². The number of nitrogens with zero attached hydrogens (tertiary/aromatic N) is 2. The van der Waals surface area contributed by atoms with Crippen LogP contribution >= 0.6 is 0 Å². The first kappa shape index (κ1) is 26.5. The van der Waals surface area contributed by atoms with E-state index >= 15 is 0 Å². The van der Waals surface area contributed by atoms with Gasteiger partial charge in [0.1, 0.15) is 24.2 Å². The lowest BCUT2D eigenvalue weighted by Crippen LogP contribution is -2.53. The Bertz CT molecular complexity index is 1360. The van der Waals surface area contributed by atoms with E-state index in [4.69, 9.17) is 4.74 Å². The van der Waals surface area contributed by atoms with Gasteiger partial charge in [-0.15, -0.1) is 0 Å². The molecule has 3 amide bonds. The molecule has 3 aromatic rings. The second-order valence-corrected chi connectivity index (χ2v) is 9.29. The third-order valence-corrected chi connectivity index (χ3v) is 6.35. The van der Waals surface area contributed by atoms with E-state index < -0.39 is 41.9 Å². The highest BCUT2D eigenvalue weighted by molar-refractivity contribution is 6.52. The molecule has 1 aliphatic rings. The summed E-state index contributed by atoms with van der Waals surface area (Å²) in [5.41, 5.74) is 1.70. The van der Waals surface area contributed by atoms with Crippen LogP contribution in [0.1, 0.15) is 29.8 Å². The largest absolute Gasteiger partial charge is 0.497 e. The summed E-state index contributed by atoms with van der Waals surface area (Å²) >= 11 is 0. The van der Waals surface area contributed by atoms with Gasteiger partial charge in [0.2, 0.25) is 11.8 Å². The molecule has 1 atom stereocenters. The van der Waals surface area contributed by atoms with Gasteiger partial charge in [-0.1, -0.05) is 38.1 Å². The van der Waals surface area contributed by atoms with Crippen molar-refractivity contribution in [3.63, 3.8) is 0 Å². The van der Waals surface area contributed by atoms with Crippen molar-refractivity contribution in [3.8, 4) is 5.75 Å². The van der Waals surface area contributed by atoms with E-state index in [-0.39, 0.29) is 18.0 Å². The zero-order valence-electron chi connectivity index (χ0n) is 21.3. The summed E-state index contributed by atoms with van der Waals surface area (Å²) in [5.74, 6) is -2.56. The molecule has 0 fully saturated rings. The third kappa shape index (κ3) is 5.56. The molecule has 1 heterocycles. The SMILES string of the molecule is COc1ccc(NC(=O)[C@@H](C(C)C)N(Cc2ccc(F)cc2)C(=O)CN2C(=O)C(=O)c3ccccc32)cc1. The summed E-state index contributed by atoms with van der Waals surface area (Å²) < 4.78 is 18.7. The number of methoxy groups -OCH3 is 1. The van der Waals surface area contributed by atoms with Crippen molar-refractivity contribution in [3.05, 3.63) is 89.7 Å². The van der Waals surface area contributed by atoms with E-state index in [1.54, 1.807) is 49.6 Å². The predicted octanol–water partition coefficient (Wildman–Crippen LogP) is 4.06. The fourth-order valence-electron chi connectivity index (χ4n) is 4.45. The maximum absolute atomic E-state index is 13.8. The van der Waals surface area contributed by atoms with Gasteiger partial charge in [-0.25, -0.2) is 4.39 Å². The topological polar surface area (TPSA) is 96.0 Å². The van der Waals surface area contributed by atoms with Crippen molar-refractivity contribution < 1.29 is 28.3 Å². The van der Waals surface area contributed by atoms with Crippen molar-refractivity contribution in [2.24, 2.45) is 5.92 Å². The van der Waals surface area contributed by atoms with Gasteiger partial charge in [0.15, 0.2) is 0 Å². The Morgan fingerprint density at radius 1 is 0.974 bits per heavy atom. The Hall–Kier alpha value is -4.53. The number of benzene rings is 3. The lowest BCUT2D eigenvalue weighted by Gasteiger charge is -2.34. The molecule has 0 aromatic heterocycles. The number of Topliss-reactive ketones (excluding diaryl/α,β-unsaturated/α-hetero) is 1. The molecule has 0 aliphatic carbocycles. The van der Waals surface area contributed by atoms with Gasteiger partial charge >= 0.3 is 0 Å². The monoisotopic (exact) mass is 517 g/mol. The van der Waals surface area contributed by atoms with E-state index in [1.165, 1.54) is 35.2 Å². The minimum atomic E-state index is -0.932. The Morgan fingerprint density at radius 3 is 2.26 bits per heavy atom. The second kappa shape index (κ2) is 11.2. The zero-order chi connectivity index (χ0) is 27.4. The molecule has 196 valence electrons. The van der Waals surface area contributed by atoms with Crippen molar-refractivity contribution >= 4 is 34.9 Å². The fraction of sp³-hybridized carbons (Fsp3) is 0.241. The standard InChI is InChI=1S/C29H28FN3O5/c1-18(2)26(28(36)31-21-12-14-22(38-3)15-13-21)33(16-19-8-10-20(30)11-9-19)25(34)17-32-24-7-5-4-6-23(24)27(35)29(32)37/h4-15,18,26H,16-17H2,1-3H3,(H,31,36)/t26-/m1/s1. The van der Waals surface area contributed by atoms with Crippen molar-refractivity contribution in [2.45, 2.75) is 26.4 Å². The summed E-state index contributed by atoms with van der Waals surface area (Å²) in [6.45, 7) is 3.18.